The SMILES string of the molecule is CCN(CC)CCCSCl. The molecule has 0 spiro atoms. The first-order valence-corrected chi connectivity index (χ1v) is 5.62. The lowest BCUT2D eigenvalue weighted by molar-refractivity contribution is 0.305. The minimum Gasteiger partial charge on any atom is -0.304 e. The van der Waals surface area contributed by atoms with E-state index in [2.05, 4.69) is 18.7 Å². The second-order valence-electron chi connectivity index (χ2n) is 2.19. The lowest BCUT2D eigenvalue weighted by Gasteiger charge is -2.16. The van der Waals surface area contributed by atoms with Crippen LogP contribution in [0.25, 0.3) is 0 Å². The molecule has 0 amide bonds. The third-order valence-electron chi connectivity index (χ3n) is 1.59. The average molecular weight is 182 g/mol. The highest BCUT2D eigenvalue weighted by Gasteiger charge is 1.96. The topological polar surface area (TPSA) is 3.24 Å². The zero-order chi connectivity index (χ0) is 7.82. The molecule has 0 radical (unpaired) electrons. The minimum atomic E-state index is 1.07. The second-order valence-corrected chi connectivity index (χ2v) is 3.47. The molecule has 0 heterocycles. The first-order chi connectivity index (χ1) is 4.85. The Balaban J connectivity index is 3.09. The molecule has 0 aliphatic carbocycles. The predicted molar refractivity (Wildman–Crippen MR) is 50.7 cm³/mol. The smallest absolute Gasteiger partial charge is 0.00974 e. The van der Waals surface area contributed by atoms with Gasteiger partial charge in [0.2, 0.25) is 0 Å². The molecule has 0 rings (SSSR count). The summed E-state index contributed by atoms with van der Waals surface area (Å²) in [7, 11) is 6.88. The van der Waals surface area contributed by atoms with Gasteiger partial charge in [0.25, 0.3) is 0 Å². The molecule has 62 valence electrons. The molecule has 0 unspecified atom stereocenters. The van der Waals surface area contributed by atoms with Crippen LogP contribution < -0.4 is 0 Å². The molecule has 0 aromatic carbocycles. The summed E-state index contributed by atoms with van der Waals surface area (Å²) in [6.07, 6.45) is 1.20. The summed E-state index contributed by atoms with van der Waals surface area (Å²) < 4.78 is 0. The van der Waals surface area contributed by atoms with Crippen LogP contribution in [0.1, 0.15) is 20.3 Å². The van der Waals surface area contributed by atoms with Crippen molar-refractivity contribution >= 4 is 21.7 Å². The zero-order valence-corrected chi connectivity index (χ0v) is 8.34. The van der Waals surface area contributed by atoms with Crippen LogP contribution in [0.3, 0.4) is 0 Å². The van der Waals surface area contributed by atoms with Crippen molar-refractivity contribution in [2.24, 2.45) is 0 Å². The Morgan fingerprint density at radius 1 is 1.30 bits per heavy atom. The number of rotatable bonds is 6. The fraction of sp³-hybridized carbons (Fsp3) is 1.00. The molecular weight excluding hydrogens is 166 g/mol. The molecule has 0 saturated carbocycles. The van der Waals surface area contributed by atoms with E-state index in [0.29, 0.717) is 0 Å². The quantitative estimate of drug-likeness (QED) is 0.580. The van der Waals surface area contributed by atoms with E-state index < -0.39 is 0 Å². The fourth-order valence-corrected chi connectivity index (χ4v) is 1.45. The van der Waals surface area contributed by atoms with Crippen LogP contribution in [-0.4, -0.2) is 30.3 Å². The van der Waals surface area contributed by atoms with E-state index in [1.807, 2.05) is 0 Å². The van der Waals surface area contributed by atoms with E-state index in [1.54, 1.807) is 0 Å². The Bertz CT molecular complexity index is 66.6. The number of hydrogen-bond donors (Lipinski definition) is 0. The Kier molecular flexibility index (Phi) is 8.17. The summed E-state index contributed by atoms with van der Waals surface area (Å²) in [5.74, 6) is 1.07. The maximum atomic E-state index is 5.47. The van der Waals surface area contributed by atoms with Crippen LogP contribution in [0.5, 0.6) is 0 Å². The molecule has 0 fully saturated rings. The molecule has 0 aromatic heterocycles. The van der Waals surface area contributed by atoms with Crippen molar-refractivity contribution in [3.8, 4) is 0 Å². The summed E-state index contributed by atoms with van der Waals surface area (Å²) in [4.78, 5) is 2.41. The largest absolute Gasteiger partial charge is 0.304 e. The molecule has 0 aromatic rings. The minimum absolute atomic E-state index is 1.07. The average Bonchev–Trinajstić information content (AvgIpc) is 1.99. The first kappa shape index (κ1) is 10.6. The van der Waals surface area contributed by atoms with Crippen LogP contribution in [0.4, 0.5) is 0 Å². The molecule has 0 atom stereocenters. The lowest BCUT2D eigenvalue weighted by Crippen LogP contribution is -2.24. The summed E-state index contributed by atoms with van der Waals surface area (Å²) >= 11 is 0. The van der Waals surface area contributed by atoms with Gasteiger partial charge in [0.05, 0.1) is 0 Å². The van der Waals surface area contributed by atoms with E-state index in [0.717, 1.165) is 18.8 Å². The number of hydrogen-bond acceptors (Lipinski definition) is 2. The maximum Gasteiger partial charge on any atom is 0.00974 e. The molecule has 1 nitrogen and oxygen atoms in total. The van der Waals surface area contributed by atoms with E-state index in [9.17, 15) is 0 Å². The van der Waals surface area contributed by atoms with Gasteiger partial charge in [-0.3, -0.25) is 0 Å². The van der Waals surface area contributed by atoms with Crippen molar-refractivity contribution < 1.29 is 0 Å². The molecule has 0 aliphatic heterocycles. The van der Waals surface area contributed by atoms with E-state index in [4.69, 9.17) is 10.7 Å². The van der Waals surface area contributed by atoms with Gasteiger partial charge in [-0.25, -0.2) is 0 Å². The number of halogens is 1. The Hall–Kier alpha value is 0.600. The summed E-state index contributed by atoms with van der Waals surface area (Å²) in [6, 6.07) is 0. The Labute approximate surface area is 72.6 Å². The Morgan fingerprint density at radius 3 is 2.30 bits per heavy atom. The maximum absolute atomic E-state index is 5.47. The van der Waals surface area contributed by atoms with Crippen LogP contribution in [0.15, 0.2) is 0 Å². The van der Waals surface area contributed by atoms with Gasteiger partial charge in [-0.15, -0.1) is 0 Å². The van der Waals surface area contributed by atoms with Crippen LogP contribution >= 0.6 is 21.7 Å². The van der Waals surface area contributed by atoms with Gasteiger partial charge in [0.1, 0.15) is 0 Å². The van der Waals surface area contributed by atoms with Crippen LogP contribution in [0, 0.1) is 0 Å². The van der Waals surface area contributed by atoms with Crippen molar-refractivity contribution in [3.63, 3.8) is 0 Å². The Morgan fingerprint density at radius 2 is 1.90 bits per heavy atom. The van der Waals surface area contributed by atoms with E-state index in [-0.39, 0.29) is 0 Å². The van der Waals surface area contributed by atoms with Crippen molar-refractivity contribution in [3.05, 3.63) is 0 Å². The number of nitrogens with zero attached hydrogens (tertiary/aromatic N) is 1. The monoisotopic (exact) mass is 181 g/mol. The summed E-state index contributed by atoms with van der Waals surface area (Å²) in [6.45, 7) is 7.88. The molecule has 0 saturated heterocycles. The van der Waals surface area contributed by atoms with Crippen molar-refractivity contribution in [2.45, 2.75) is 20.3 Å². The zero-order valence-electron chi connectivity index (χ0n) is 6.77. The van der Waals surface area contributed by atoms with Gasteiger partial charge < -0.3 is 4.90 Å². The van der Waals surface area contributed by atoms with Gasteiger partial charge in [-0.2, -0.15) is 0 Å². The molecule has 0 bridgehead atoms. The van der Waals surface area contributed by atoms with Gasteiger partial charge in [-0.05, 0) is 36.7 Å². The highest BCUT2D eigenvalue weighted by atomic mass is 35.7. The van der Waals surface area contributed by atoms with Gasteiger partial charge in [0, 0.05) is 5.75 Å². The highest BCUT2D eigenvalue weighted by Crippen LogP contribution is 2.07. The fourth-order valence-electron chi connectivity index (χ4n) is 0.883. The second kappa shape index (κ2) is 7.70. The van der Waals surface area contributed by atoms with Crippen LogP contribution in [0.2, 0.25) is 0 Å². The predicted octanol–water partition coefficient (Wildman–Crippen LogP) is 2.61. The van der Waals surface area contributed by atoms with E-state index >= 15 is 0 Å². The first-order valence-electron chi connectivity index (χ1n) is 3.81. The molecule has 3 heteroatoms. The van der Waals surface area contributed by atoms with Crippen molar-refractivity contribution in [1.29, 1.82) is 0 Å². The molecule has 10 heavy (non-hydrogen) atoms. The summed E-state index contributed by atoms with van der Waals surface area (Å²) in [5, 5.41) is 0. The summed E-state index contributed by atoms with van der Waals surface area (Å²) in [5.41, 5.74) is 0. The van der Waals surface area contributed by atoms with Gasteiger partial charge in [0.15, 0.2) is 0 Å². The third kappa shape index (κ3) is 5.39. The molecule has 0 N–H and O–H groups in total. The third-order valence-corrected chi connectivity index (χ3v) is 2.50. The normalized spacial score (nSPS) is 10.8. The van der Waals surface area contributed by atoms with Crippen LogP contribution in [-0.2, 0) is 0 Å². The highest BCUT2D eigenvalue weighted by molar-refractivity contribution is 8.21. The molecule has 0 aliphatic rings. The van der Waals surface area contributed by atoms with Gasteiger partial charge in [-0.1, -0.05) is 24.8 Å². The standard InChI is InChI=1S/C7H16ClNS/c1-3-9(4-2)6-5-7-10-8/h3-7H2,1-2H3. The molecular formula is C7H16ClNS. The van der Waals surface area contributed by atoms with E-state index in [1.165, 1.54) is 23.9 Å². The van der Waals surface area contributed by atoms with Gasteiger partial charge >= 0.3 is 0 Å². The van der Waals surface area contributed by atoms with Crippen molar-refractivity contribution in [1.82, 2.24) is 4.90 Å². The van der Waals surface area contributed by atoms with Crippen molar-refractivity contribution in [2.75, 3.05) is 25.4 Å². The lowest BCUT2D eigenvalue weighted by atomic mass is 10.4.